The van der Waals surface area contributed by atoms with Crippen molar-refractivity contribution >= 4 is 17.7 Å². The number of carbonyl (C=O) groups excluding carboxylic acids is 1. The number of carbonyl (C=O) groups is 2. The van der Waals surface area contributed by atoms with Crippen LogP contribution in [0.4, 0.5) is 14.9 Å². The van der Waals surface area contributed by atoms with E-state index in [9.17, 15) is 14.0 Å². The first-order valence-corrected chi connectivity index (χ1v) is 8.86. The maximum absolute atomic E-state index is 13.0. The van der Waals surface area contributed by atoms with Crippen molar-refractivity contribution in [3.63, 3.8) is 0 Å². The Bertz CT molecular complexity index is 793. The normalized spacial score (nSPS) is 16.2. The van der Waals surface area contributed by atoms with Crippen LogP contribution < -0.4 is 15.5 Å². The summed E-state index contributed by atoms with van der Waals surface area (Å²) in [6.45, 7) is 2.61. The maximum Gasteiger partial charge on any atom is 0.335 e. The fourth-order valence-electron chi connectivity index (χ4n) is 3.13. The van der Waals surface area contributed by atoms with E-state index in [-0.39, 0.29) is 17.4 Å². The highest BCUT2D eigenvalue weighted by molar-refractivity contribution is 5.87. The van der Waals surface area contributed by atoms with E-state index in [1.54, 1.807) is 24.3 Å². The van der Waals surface area contributed by atoms with Crippen molar-refractivity contribution in [1.29, 1.82) is 0 Å². The number of anilines is 1. The van der Waals surface area contributed by atoms with Crippen LogP contribution in [0.3, 0.4) is 0 Å². The molecule has 3 N–H and O–H groups in total. The number of halogens is 1. The molecule has 1 atom stereocenters. The highest BCUT2D eigenvalue weighted by Crippen LogP contribution is 2.23. The lowest BCUT2D eigenvalue weighted by molar-refractivity contribution is 0.0697. The quantitative estimate of drug-likeness (QED) is 0.729. The second kappa shape index (κ2) is 8.53. The van der Waals surface area contributed by atoms with Gasteiger partial charge in [0.15, 0.2) is 0 Å². The van der Waals surface area contributed by atoms with Gasteiger partial charge < -0.3 is 20.6 Å². The lowest BCUT2D eigenvalue weighted by Crippen LogP contribution is -2.38. The fourth-order valence-corrected chi connectivity index (χ4v) is 3.13. The molecule has 0 spiro atoms. The van der Waals surface area contributed by atoms with Crippen molar-refractivity contribution in [2.45, 2.75) is 13.0 Å². The third kappa shape index (κ3) is 5.20. The van der Waals surface area contributed by atoms with Crippen LogP contribution in [-0.2, 0) is 6.54 Å². The molecule has 1 fully saturated rings. The SMILES string of the molecule is O=C(NCc1ccc(C(=O)O)cc1)NCC1CCN(c2ccc(F)cc2)C1. The molecule has 1 saturated heterocycles. The fraction of sp³-hybridized carbons (Fsp3) is 0.300. The van der Waals surface area contributed by atoms with Gasteiger partial charge in [-0.15, -0.1) is 0 Å². The molecular weight excluding hydrogens is 349 g/mol. The third-order valence-corrected chi connectivity index (χ3v) is 4.68. The van der Waals surface area contributed by atoms with Gasteiger partial charge in [-0.3, -0.25) is 0 Å². The molecule has 3 rings (SSSR count). The molecule has 142 valence electrons. The first-order chi connectivity index (χ1) is 13.0. The largest absolute Gasteiger partial charge is 0.478 e. The van der Waals surface area contributed by atoms with Gasteiger partial charge in [0.2, 0.25) is 0 Å². The molecule has 0 bridgehead atoms. The Kier molecular flexibility index (Phi) is 5.90. The van der Waals surface area contributed by atoms with Crippen molar-refractivity contribution in [3.05, 3.63) is 65.5 Å². The van der Waals surface area contributed by atoms with Crippen molar-refractivity contribution in [2.24, 2.45) is 5.92 Å². The van der Waals surface area contributed by atoms with Gasteiger partial charge in [-0.25, -0.2) is 14.0 Å². The summed E-state index contributed by atoms with van der Waals surface area (Å²) in [5.41, 5.74) is 2.04. The average Bonchev–Trinajstić information content (AvgIpc) is 3.14. The number of nitrogens with one attached hydrogen (secondary N) is 2. The topological polar surface area (TPSA) is 81.7 Å². The molecule has 27 heavy (non-hydrogen) atoms. The number of aromatic carboxylic acids is 1. The molecule has 6 nitrogen and oxygen atoms in total. The monoisotopic (exact) mass is 371 g/mol. The van der Waals surface area contributed by atoms with E-state index in [2.05, 4.69) is 15.5 Å². The van der Waals surface area contributed by atoms with Gasteiger partial charge >= 0.3 is 12.0 Å². The first-order valence-electron chi connectivity index (χ1n) is 8.86. The van der Waals surface area contributed by atoms with E-state index in [4.69, 9.17) is 5.11 Å². The van der Waals surface area contributed by atoms with Crippen LogP contribution in [0.25, 0.3) is 0 Å². The van der Waals surface area contributed by atoms with Gasteiger partial charge in [0.25, 0.3) is 0 Å². The Morgan fingerprint density at radius 3 is 2.44 bits per heavy atom. The molecule has 1 unspecified atom stereocenters. The van der Waals surface area contributed by atoms with Crippen LogP contribution in [-0.4, -0.2) is 36.7 Å². The van der Waals surface area contributed by atoms with Crippen LogP contribution in [0.2, 0.25) is 0 Å². The van der Waals surface area contributed by atoms with E-state index in [0.717, 1.165) is 30.8 Å². The molecular formula is C20H22FN3O3. The van der Waals surface area contributed by atoms with Gasteiger partial charge in [-0.1, -0.05) is 12.1 Å². The average molecular weight is 371 g/mol. The lowest BCUT2D eigenvalue weighted by atomic mass is 10.1. The predicted octanol–water partition coefficient (Wildman–Crippen LogP) is 2.85. The van der Waals surface area contributed by atoms with E-state index in [0.29, 0.717) is 19.0 Å². The van der Waals surface area contributed by atoms with Gasteiger partial charge in [-0.05, 0) is 54.3 Å². The number of carboxylic acid groups (broad SMARTS) is 1. The summed E-state index contributed by atoms with van der Waals surface area (Å²) in [7, 11) is 0. The molecule has 0 saturated carbocycles. The van der Waals surface area contributed by atoms with E-state index < -0.39 is 5.97 Å². The molecule has 0 aliphatic carbocycles. The Labute approximate surface area is 157 Å². The minimum atomic E-state index is -0.974. The van der Waals surface area contributed by atoms with E-state index in [1.807, 2.05) is 0 Å². The Balaban J connectivity index is 1.39. The molecule has 2 aromatic carbocycles. The minimum absolute atomic E-state index is 0.218. The number of rotatable bonds is 6. The number of carboxylic acids is 1. The third-order valence-electron chi connectivity index (χ3n) is 4.68. The number of benzene rings is 2. The number of hydrogen-bond donors (Lipinski definition) is 3. The summed E-state index contributed by atoms with van der Waals surface area (Å²) in [5, 5.41) is 14.5. The van der Waals surface area contributed by atoms with Crippen LogP contribution in [0.1, 0.15) is 22.3 Å². The summed E-state index contributed by atoms with van der Waals surface area (Å²) >= 11 is 0. The zero-order valence-electron chi connectivity index (χ0n) is 14.8. The van der Waals surface area contributed by atoms with Crippen LogP contribution in [0.5, 0.6) is 0 Å². The number of nitrogens with zero attached hydrogens (tertiary/aromatic N) is 1. The van der Waals surface area contributed by atoms with Crippen LogP contribution in [0.15, 0.2) is 48.5 Å². The lowest BCUT2D eigenvalue weighted by Gasteiger charge is -2.19. The van der Waals surface area contributed by atoms with Crippen molar-refractivity contribution in [3.8, 4) is 0 Å². The summed E-state index contributed by atoms with van der Waals surface area (Å²) in [6, 6.07) is 12.6. The molecule has 1 heterocycles. The smallest absolute Gasteiger partial charge is 0.335 e. The molecule has 1 aliphatic heterocycles. The second-order valence-corrected chi connectivity index (χ2v) is 6.64. The number of amides is 2. The molecule has 2 amide bonds. The van der Waals surface area contributed by atoms with Gasteiger partial charge in [-0.2, -0.15) is 0 Å². The summed E-state index contributed by atoms with van der Waals surface area (Å²) in [4.78, 5) is 25.0. The van der Waals surface area contributed by atoms with Gasteiger partial charge in [0, 0.05) is 31.9 Å². The summed E-state index contributed by atoms with van der Waals surface area (Å²) < 4.78 is 13.0. The minimum Gasteiger partial charge on any atom is -0.478 e. The zero-order chi connectivity index (χ0) is 19.2. The number of urea groups is 1. The Hall–Kier alpha value is -3.09. The standard InChI is InChI=1S/C20H22FN3O3/c21-17-5-7-18(8-6-17)24-10-9-15(13-24)12-23-20(27)22-11-14-1-3-16(4-2-14)19(25)26/h1-8,15H,9-13H2,(H,25,26)(H2,22,23,27). The highest BCUT2D eigenvalue weighted by atomic mass is 19.1. The predicted molar refractivity (Wildman–Crippen MR) is 100 cm³/mol. The van der Waals surface area contributed by atoms with Crippen molar-refractivity contribution < 1.29 is 19.1 Å². The molecule has 1 aliphatic rings. The second-order valence-electron chi connectivity index (χ2n) is 6.64. The van der Waals surface area contributed by atoms with Crippen molar-refractivity contribution in [1.82, 2.24) is 10.6 Å². The van der Waals surface area contributed by atoms with Crippen molar-refractivity contribution in [2.75, 3.05) is 24.5 Å². The van der Waals surface area contributed by atoms with E-state index >= 15 is 0 Å². The Morgan fingerprint density at radius 2 is 1.78 bits per heavy atom. The molecule has 0 aromatic heterocycles. The molecule has 7 heteroatoms. The summed E-state index contributed by atoms with van der Waals surface area (Å²) in [6.07, 6.45) is 0.967. The zero-order valence-corrected chi connectivity index (χ0v) is 14.8. The van der Waals surface area contributed by atoms with Gasteiger partial charge in [0.1, 0.15) is 5.82 Å². The first kappa shape index (κ1) is 18.7. The van der Waals surface area contributed by atoms with Crippen LogP contribution in [0, 0.1) is 11.7 Å². The number of hydrogen-bond acceptors (Lipinski definition) is 3. The maximum atomic E-state index is 13.0. The summed E-state index contributed by atoms with van der Waals surface area (Å²) in [5.74, 6) is -0.875. The highest BCUT2D eigenvalue weighted by Gasteiger charge is 2.23. The molecule has 2 aromatic rings. The van der Waals surface area contributed by atoms with Gasteiger partial charge in [0.05, 0.1) is 5.56 Å². The molecule has 0 radical (unpaired) electrons. The van der Waals surface area contributed by atoms with E-state index in [1.165, 1.54) is 24.3 Å². The van der Waals surface area contributed by atoms with Crippen LogP contribution >= 0.6 is 0 Å². The Morgan fingerprint density at radius 1 is 1.07 bits per heavy atom.